The molecule has 0 spiro atoms. The molecule has 4 aromatic carbocycles. The van der Waals surface area contributed by atoms with E-state index in [-0.39, 0.29) is 25.4 Å². The van der Waals surface area contributed by atoms with Crippen molar-refractivity contribution in [3.05, 3.63) is 131 Å². The minimum absolute atomic E-state index is 0.00326. The number of aliphatic hydroxyl groups excluding tert-OH is 1. The van der Waals surface area contributed by atoms with Crippen molar-refractivity contribution in [2.75, 3.05) is 33.9 Å². The van der Waals surface area contributed by atoms with Gasteiger partial charge in [-0.3, -0.25) is 4.90 Å². The highest BCUT2D eigenvalue weighted by Gasteiger charge is 2.34. The molecule has 3 atom stereocenters. The molecule has 0 bridgehead atoms. The average Bonchev–Trinajstić information content (AvgIpc) is 3.15. The average molecular weight is 665 g/mol. The van der Waals surface area contributed by atoms with Crippen LogP contribution in [0.5, 0.6) is 11.5 Å². The highest BCUT2D eigenvalue weighted by atomic mass is 16.7. The molecule has 2 aliphatic rings. The summed E-state index contributed by atoms with van der Waals surface area (Å²) < 4.78 is 29.6. The maximum absolute atomic E-state index is 11.9. The van der Waals surface area contributed by atoms with E-state index < -0.39 is 12.4 Å². The van der Waals surface area contributed by atoms with Gasteiger partial charge in [0.2, 0.25) is 0 Å². The molecule has 0 saturated carbocycles. The summed E-state index contributed by atoms with van der Waals surface area (Å²) in [5, 5.41) is 12.4. The summed E-state index contributed by atoms with van der Waals surface area (Å²) in [5.41, 5.74) is 8.35. The normalized spacial score (nSPS) is 19.0. The Morgan fingerprint density at radius 3 is 2.39 bits per heavy atom. The molecule has 1 saturated heterocycles. The zero-order valence-corrected chi connectivity index (χ0v) is 28.1. The van der Waals surface area contributed by atoms with E-state index in [9.17, 15) is 9.90 Å². The largest absolute Gasteiger partial charge is 0.493 e. The number of nitrogens with zero attached hydrogens (tertiary/aromatic N) is 1. The van der Waals surface area contributed by atoms with Crippen molar-refractivity contribution in [1.29, 1.82) is 0 Å². The number of carbonyl (C=O) groups excluding carboxylic acids is 1. The summed E-state index contributed by atoms with van der Waals surface area (Å²) in [6.07, 6.45) is 1.83. The molecule has 0 aliphatic carbocycles. The Bertz CT molecular complexity index is 1740. The number of alkyl carbamates (subject to hydrolysis) is 1. The minimum Gasteiger partial charge on any atom is -0.493 e. The van der Waals surface area contributed by atoms with Gasteiger partial charge >= 0.3 is 6.09 Å². The first-order valence-corrected chi connectivity index (χ1v) is 16.6. The summed E-state index contributed by atoms with van der Waals surface area (Å²) in [6, 6.07) is 28.4. The van der Waals surface area contributed by atoms with E-state index in [2.05, 4.69) is 47.1 Å². The fraction of sp³-hybridized carbons (Fsp3) is 0.325. The molecule has 0 unspecified atom stereocenters. The highest BCUT2D eigenvalue weighted by Crippen LogP contribution is 2.40. The van der Waals surface area contributed by atoms with Crippen molar-refractivity contribution in [3.8, 4) is 22.6 Å². The fourth-order valence-corrected chi connectivity index (χ4v) is 6.50. The van der Waals surface area contributed by atoms with E-state index in [0.717, 1.165) is 70.9 Å². The summed E-state index contributed by atoms with van der Waals surface area (Å²) in [5.74, 6) is 1.50. The van der Waals surface area contributed by atoms with Crippen molar-refractivity contribution in [3.63, 3.8) is 0 Å². The minimum atomic E-state index is -0.577. The van der Waals surface area contributed by atoms with E-state index in [0.29, 0.717) is 13.0 Å². The topological polar surface area (TPSA) is 98.7 Å². The Balaban J connectivity index is 1.21. The van der Waals surface area contributed by atoms with Crippen molar-refractivity contribution < 1.29 is 33.6 Å². The van der Waals surface area contributed by atoms with Gasteiger partial charge in [-0.1, -0.05) is 73.3 Å². The van der Waals surface area contributed by atoms with Crippen LogP contribution in [0.15, 0.2) is 97.6 Å². The van der Waals surface area contributed by atoms with Crippen LogP contribution < -0.4 is 14.8 Å². The number of fused-ring (bicyclic) bond motifs is 1. The molecular weight excluding hydrogens is 620 g/mol. The monoisotopic (exact) mass is 664 g/mol. The zero-order chi connectivity index (χ0) is 34.2. The van der Waals surface area contributed by atoms with E-state index in [4.69, 9.17) is 23.7 Å². The van der Waals surface area contributed by atoms with Crippen molar-refractivity contribution in [2.24, 2.45) is 0 Å². The number of hydrogen-bond acceptors (Lipinski definition) is 8. The van der Waals surface area contributed by atoms with Crippen LogP contribution in [-0.4, -0.2) is 56.1 Å². The molecule has 49 heavy (non-hydrogen) atoms. The molecule has 0 aromatic heterocycles. The van der Waals surface area contributed by atoms with Gasteiger partial charge < -0.3 is 34.1 Å². The Hall–Kier alpha value is -4.67. The molecule has 2 aliphatic heterocycles. The van der Waals surface area contributed by atoms with E-state index >= 15 is 0 Å². The molecule has 2 heterocycles. The van der Waals surface area contributed by atoms with Gasteiger partial charge in [0.05, 0.1) is 33.0 Å². The van der Waals surface area contributed by atoms with Crippen LogP contribution in [-0.2, 0) is 40.3 Å². The lowest BCUT2D eigenvalue weighted by Gasteiger charge is -2.39. The molecule has 4 aromatic rings. The van der Waals surface area contributed by atoms with Crippen LogP contribution in [0.2, 0.25) is 0 Å². The molecule has 0 radical (unpaired) electrons. The summed E-state index contributed by atoms with van der Waals surface area (Å²) >= 11 is 0. The predicted molar refractivity (Wildman–Crippen MR) is 187 cm³/mol. The van der Waals surface area contributed by atoms with Gasteiger partial charge in [0.25, 0.3) is 0 Å². The lowest BCUT2D eigenvalue weighted by Crippen LogP contribution is -2.41. The number of methoxy groups -OCH3 is 2. The first-order valence-electron chi connectivity index (χ1n) is 16.6. The first-order chi connectivity index (χ1) is 24.0. The number of amides is 1. The number of hydrogen-bond donors (Lipinski definition) is 2. The summed E-state index contributed by atoms with van der Waals surface area (Å²) in [4.78, 5) is 14.4. The van der Waals surface area contributed by atoms with Gasteiger partial charge in [0.1, 0.15) is 6.61 Å². The van der Waals surface area contributed by atoms with Gasteiger partial charge in [-0.25, -0.2) is 4.79 Å². The fourth-order valence-electron chi connectivity index (χ4n) is 6.50. The molecular formula is C40H44N2O7. The van der Waals surface area contributed by atoms with Gasteiger partial charge in [-0.15, -0.1) is 0 Å². The van der Waals surface area contributed by atoms with Crippen LogP contribution in [0.1, 0.15) is 52.2 Å². The van der Waals surface area contributed by atoms with E-state index in [1.54, 1.807) is 14.2 Å². The molecule has 6 rings (SSSR count). The third-order valence-electron chi connectivity index (χ3n) is 9.06. The molecule has 9 nitrogen and oxygen atoms in total. The third-order valence-corrected chi connectivity index (χ3v) is 9.06. The molecule has 1 fully saturated rings. The van der Waals surface area contributed by atoms with Crippen molar-refractivity contribution >= 4 is 6.09 Å². The Labute approximate surface area is 288 Å². The smallest absolute Gasteiger partial charge is 0.407 e. The van der Waals surface area contributed by atoms with Crippen molar-refractivity contribution in [2.45, 2.75) is 51.0 Å². The van der Waals surface area contributed by atoms with Crippen LogP contribution in [0.4, 0.5) is 4.79 Å². The number of carbonyl (C=O) groups is 1. The van der Waals surface area contributed by atoms with Crippen LogP contribution >= 0.6 is 0 Å². The van der Waals surface area contributed by atoms with Gasteiger partial charge in [0, 0.05) is 38.2 Å². The number of rotatable bonds is 12. The van der Waals surface area contributed by atoms with E-state index in [1.165, 1.54) is 17.2 Å². The van der Waals surface area contributed by atoms with Crippen LogP contribution in [0.25, 0.3) is 11.1 Å². The van der Waals surface area contributed by atoms with Crippen LogP contribution in [0.3, 0.4) is 0 Å². The standard InChI is InChI=1S/C40H44N2O7/c1-4-17-47-40(44)41-23-28-7-5-8-30(18-28)31-9-6-10-33(19-31)39-48-35(22-36(49-39)29-13-11-27(26-43)12-14-29)25-42-16-15-32-20-37(45-2)38(46-3)21-34(32)24-42/h4-14,18-21,35-36,39,43H,1,15-17,22-26H2,2-3H3,(H,41,44)/t35-,36+,39+/m0/s1. The molecule has 9 heteroatoms. The second-order valence-electron chi connectivity index (χ2n) is 12.4. The summed E-state index contributed by atoms with van der Waals surface area (Å²) in [7, 11) is 3.34. The quantitative estimate of drug-likeness (QED) is 0.158. The predicted octanol–water partition coefficient (Wildman–Crippen LogP) is 6.88. The van der Waals surface area contributed by atoms with Gasteiger partial charge in [0.15, 0.2) is 17.8 Å². The second-order valence-corrected chi connectivity index (χ2v) is 12.4. The Kier molecular flexibility index (Phi) is 11.3. The van der Waals surface area contributed by atoms with Crippen molar-refractivity contribution in [1.82, 2.24) is 10.2 Å². The molecule has 1 amide bonds. The lowest BCUT2D eigenvalue weighted by molar-refractivity contribution is -0.253. The number of benzene rings is 4. The highest BCUT2D eigenvalue weighted by molar-refractivity contribution is 5.68. The zero-order valence-electron chi connectivity index (χ0n) is 28.1. The summed E-state index contributed by atoms with van der Waals surface area (Å²) in [6.45, 7) is 6.54. The van der Waals surface area contributed by atoms with Gasteiger partial charge in [-0.2, -0.15) is 0 Å². The Morgan fingerprint density at radius 1 is 0.918 bits per heavy atom. The maximum Gasteiger partial charge on any atom is 0.407 e. The first kappa shape index (κ1) is 34.2. The third kappa shape index (κ3) is 8.50. The lowest BCUT2D eigenvalue weighted by atomic mass is 9.96. The number of aliphatic hydroxyl groups is 1. The number of ether oxygens (including phenoxy) is 5. The maximum atomic E-state index is 11.9. The van der Waals surface area contributed by atoms with Crippen LogP contribution in [0, 0.1) is 0 Å². The SMILES string of the molecule is C=CCOC(=O)NCc1cccc(-c2cccc([C@@H]3O[C@H](CN4CCc5cc(OC)c(OC)cc5C4)C[C@H](c4ccc(CO)cc4)O3)c2)c1. The van der Waals surface area contributed by atoms with Gasteiger partial charge in [-0.05, 0) is 69.6 Å². The second kappa shape index (κ2) is 16.2. The Morgan fingerprint density at radius 2 is 1.65 bits per heavy atom. The van der Waals surface area contributed by atoms with E-state index in [1.807, 2.05) is 54.6 Å². The number of nitrogens with one attached hydrogen (secondary N) is 1. The molecule has 256 valence electrons. The molecule has 2 N–H and O–H groups in total.